The maximum Gasteiger partial charge on any atom is 0.132 e. The molecule has 1 aliphatic heterocycles. The summed E-state index contributed by atoms with van der Waals surface area (Å²) >= 11 is 0. The molecular weight excluding hydrogens is 238 g/mol. The van der Waals surface area contributed by atoms with Gasteiger partial charge in [0, 0.05) is 12.4 Å². The van der Waals surface area contributed by atoms with Gasteiger partial charge >= 0.3 is 0 Å². The van der Waals surface area contributed by atoms with Crippen LogP contribution in [0.25, 0.3) is 5.57 Å². The van der Waals surface area contributed by atoms with Gasteiger partial charge in [-0.05, 0) is 55.3 Å². The Morgan fingerprint density at radius 1 is 1.11 bits per heavy atom. The van der Waals surface area contributed by atoms with Crippen molar-refractivity contribution in [1.29, 1.82) is 0 Å². The Morgan fingerprint density at radius 3 is 2.58 bits per heavy atom. The highest BCUT2D eigenvalue weighted by Crippen LogP contribution is 2.43. The van der Waals surface area contributed by atoms with Crippen LogP contribution in [0.2, 0.25) is 0 Å². The predicted octanol–water partition coefficient (Wildman–Crippen LogP) is 3.39. The van der Waals surface area contributed by atoms with Gasteiger partial charge < -0.3 is 9.84 Å². The van der Waals surface area contributed by atoms with Gasteiger partial charge in [-0.25, -0.2) is 0 Å². The minimum Gasteiger partial charge on any atom is -0.507 e. The number of hydrogen-bond donors (Lipinski definition) is 1. The summed E-state index contributed by atoms with van der Waals surface area (Å²) in [5.74, 6) is 0.940. The molecule has 2 aromatic rings. The Kier molecular flexibility index (Phi) is 2.56. The topological polar surface area (TPSA) is 42.4 Å². The van der Waals surface area contributed by atoms with Gasteiger partial charge in [-0.1, -0.05) is 6.07 Å². The average Bonchev–Trinajstić information content (AvgIpc) is 2.38. The van der Waals surface area contributed by atoms with E-state index in [2.05, 4.69) is 4.98 Å². The van der Waals surface area contributed by atoms with Crippen molar-refractivity contribution in [3.63, 3.8) is 0 Å². The summed E-state index contributed by atoms with van der Waals surface area (Å²) in [4.78, 5) is 4.03. The number of phenols is 1. The van der Waals surface area contributed by atoms with Crippen LogP contribution in [0.4, 0.5) is 0 Å². The highest BCUT2D eigenvalue weighted by molar-refractivity contribution is 5.87. The van der Waals surface area contributed by atoms with Gasteiger partial charge in [0.1, 0.15) is 17.1 Å². The largest absolute Gasteiger partial charge is 0.507 e. The van der Waals surface area contributed by atoms with Crippen LogP contribution in [-0.4, -0.2) is 15.7 Å². The van der Waals surface area contributed by atoms with Crippen molar-refractivity contribution in [3.8, 4) is 11.5 Å². The fraction of sp³-hybridized carbons (Fsp3) is 0.188. The number of aromatic hydroxyl groups is 1. The molecule has 0 spiro atoms. The number of aromatic nitrogens is 1. The molecule has 0 unspecified atom stereocenters. The van der Waals surface area contributed by atoms with Crippen LogP contribution >= 0.6 is 0 Å². The van der Waals surface area contributed by atoms with E-state index in [9.17, 15) is 5.11 Å². The fourth-order valence-corrected chi connectivity index (χ4v) is 2.37. The minimum absolute atomic E-state index is 0.232. The second-order valence-electron chi connectivity index (χ2n) is 5.15. The van der Waals surface area contributed by atoms with Gasteiger partial charge in [-0.2, -0.15) is 0 Å². The quantitative estimate of drug-likeness (QED) is 0.847. The number of phenolic OH excluding ortho intramolecular Hbond substituents is 1. The van der Waals surface area contributed by atoms with E-state index in [0.717, 1.165) is 16.7 Å². The molecule has 96 valence electrons. The molecule has 1 aromatic heterocycles. The standard InChI is InChI=1S/C16H15NO2/c1-16(2)10-12(11-6-8-17-9-7-11)15-13(18)4-3-5-14(15)19-16/h3-10,18H,1-2H3. The van der Waals surface area contributed by atoms with Crippen molar-refractivity contribution in [1.82, 2.24) is 4.98 Å². The molecule has 0 atom stereocenters. The minimum atomic E-state index is -0.403. The number of hydrogen-bond acceptors (Lipinski definition) is 3. The molecule has 1 aromatic carbocycles. The van der Waals surface area contributed by atoms with Gasteiger partial charge in [0.05, 0.1) is 5.56 Å². The molecule has 2 heterocycles. The maximum absolute atomic E-state index is 10.1. The van der Waals surface area contributed by atoms with Crippen molar-refractivity contribution in [3.05, 3.63) is 59.9 Å². The van der Waals surface area contributed by atoms with E-state index >= 15 is 0 Å². The van der Waals surface area contributed by atoms with Gasteiger partial charge in [0.2, 0.25) is 0 Å². The summed E-state index contributed by atoms with van der Waals surface area (Å²) in [7, 11) is 0. The zero-order valence-electron chi connectivity index (χ0n) is 10.9. The van der Waals surface area contributed by atoms with Crippen LogP contribution in [0.15, 0.2) is 48.8 Å². The molecule has 1 N–H and O–H groups in total. The van der Waals surface area contributed by atoms with Crippen molar-refractivity contribution < 1.29 is 9.84 Å². The third-order valence-electron chi connectivity index (χ3n) is 3.13. The molecule has 0 fully saturated rings. The van der Waals surface area contributed by atoms with Crippen molar-refractivity contribution in [2.24, 2.45) is 0 Å². The van der Waals surface area contributed by atoms with Crippen LogP contribution in [-0.2, 0) is 0 Å². The molecule has 0 saturated heterocycles. The third kappa shape index (κ3) is 2.08. The zero-order valence-corrected chi connectivity index (χ0v) is 10.9. The summed E-state index contributed by atoms with van der Waals surface area (Å²) in [6, 6.07) is 9.22. The van der Waals surface area contributed by atoms with E-state index in [1.807, 2.05) is 38.1 Å². The number of ether oxygens (including phenoxy) is 1. The predicted molar refractivity (Wildman–Crippen MR) is 74.1 cm³/mol. The van der Waals surface area contributed by atoms with E-state index in [1.54, 1.807) is 24.5 Å². The number of fused-ring (bicyclic) bond motifs is 1. The Labute approximate surface area is 112 Å². The van der Waals surface area contributed by atoms with Gasteiger partial charge in [-0.15, -0.1) is 0 Å². The number of benzene rings is 1. The van der Waals surface area contributed by atoms with Gasteiger partial charge in [0.15, 0.2) is 0 Å². The normalized spacial score (nSPS) is 16.2. The van der Waals surface area contributed by atoms with Crippen molar-refractivity contribution >= 4 is 5.57 Å². The molecule has 3 heteroatoms. The zero-order chi connectivity index (χ0) is 13.5. The lowest BCUT2D eigenvalue weighted by Crippen LogP contribution is -2.29. The molecule has 0 amide bonds. The lowest BCUT2D eigenvalue weighted by Gasteiger charge is -2.31. The van der Waals surface area contributed by atoms with Gasteiger partial charge in [-0.3, -0.25) is 4.98 Å². The number of nitrogens with zero attached hydrogens (tertiary/aromatic N) is 1. The molecule has 3 nitrogen and oxygen atoms in total. The van der Waals surface area contributed by atoms with Crippen LogP contribution < -0.4 is 4.74 Å². The second-order valence-corrected chi connectivity index (χ2v) is 5.15. The van der Waals surface area contributed by atoms with E-state index in [4.69, 9.17) is 4.74 Å². The fourth-order valence-electron chi connectivity index (χ4n) is 2.37. The van der Waals surface area contributed by atoms with Gasteiger partial charge in [0.25, 0.3) is 0 Å². The molecule has 0 radical (unpaired) electrons. The molecule has 19 heavy (non-hydrogen) atoms. The summed E-state index contributed by atoms with van der Waals surface area (Å²) in [6.07, 6.45) is 5.53. The SMILES string of the molecule is CC1(C)C=C(c2ccncc2)c2c(O)cccc2O1. The number of pyridine rings is 1. The summed E-state index contributed by atoms with van der Waals surface area (Å²) in [6.45, 7) is 4.00. The highest BCUT2D eigenvalue weighted by Gasteiger charge is 2.28. The molecule has 3 rings (SSSR count). The molecular formula is C16H15NO2. The Morgan fingerprint density at radius 2 is 1.84 bits per heavy atom. The monoisotopic (exact) mass is 253 g/mol. The van der Waals surface area contributed by atoms with Crippen LogP contribution in [0, 0.1) is 0 Å². The third-order valence-corrected chi connectivity index (χ3v) is 3.13. The summed E-state index contributed by atoms with van der Waals surface area (Å²) in [5.41, 5.74) is 2.34. The van der Waals surface area contributed by atoms with Crippen molar-refractivity contribution in [2.45, 2.75) is 19.4 Å². The van der Waals surface area contributed by atoms with E-state index < -0.39 is 5.60 Å². The van der Waals surface area contributed by atoms with Crippen LogP contribution in [0.5, 0.6) is 11.5 Å². The smallest absolute Gasteiger partial charge is 0.132 e. The lowest BCUT2D eigenvalue weighted by atomic mass is 9.90. The Bertz CT molecular complexity index is 645. The second kappa shape index (κ2) is 4.12. The summed E-state index contributed by atoms with van der Waals surface area (Å²) < 4.78 is 5.90. The maximum atomic E-state index is 10.1. The van der Waals surface area contributed by atoms with E-state index in [0.29, 0.717) is 5.75 Å². The molecule has 0 bridgehead atoms. The first-order valence-electron chi connectivity index (χ1n) is 6.21. The van der Waals surface area contributed by atoms with Crippen LogP contribution in [0.3, 0.4) is 0 Å². The molecule has 0 saturated carbocycles. The van der Waals surface area contributed by atoms with E-state index in [1.165, 1.54) is 0 Å². The lowest BCUT2D eigenvalue weighted by molar-refractivity contribution is 0.157. The first-order valence-corrected chi connectivity index (χ1v) is 6.21. The van der Waals surface area contributed by atoms with Crippen molar-refractivity contribution in [2.75, 3.05) is 0 Å². The Balaban J connectivity index is 2.25. The first-order chi connectivity index (χ1) is 9.07. The highest BCUT2D eigenvalue weighted by atomic mass is 16.5. The Hall–Kier alpha value is -2.29. The van der Waals surface area contributed by atoms with Crippen LogP contribution in [0.1, 0.15) is 25.0 Å². The molecule has 1 aliphatic rings. The molecule has 0 aliphatic carbocycles. The average molecular weight is 253 g/mol. The first kappa shape index (κ1) is 11.8. The van der Waals surface area contributed by atoms with E-state index in [-0.39, 0.29) is 5.75 Å². The number of rotatable bonds is 1. The summed E-state index contributed by atoms with van der Waals surface area (Å²) in [5, 5.41) is 10.1.